The van der Waals surface area contributed by atoms with Gasteiger partial charge in [0.05, 0.1) is 11.3 Å². The first-order chi connectivity index (χ1) is 9.08. The van der Waals surface area contributed by atoms with Gasteiger partial charge in [0, 0.05) is 12.6 Å². The predicted molar refractivity (Wildman–Crippen MR) is 65.0 cm³/mol. The van der Waals surface area contributed by atoms with Crippen LogP contribution in [0.4, 0.5) is 14.5 Å². The fraction of sp³-hybridized carbons (Fsp3) is 0.429. The summed E-state index contributed by atoms with van der Waals surface area (Å²) >= 11 is 0. The van der Waals surface area contributed by atoms with Crippen molar-refractivity contribution in [2.45, 2.75) is 25.7 Å². The largest absolute Gasteiger partial charge is 0.304 e. The number of carbonyl (C=O) groups is 2. The molecule has 1 heterocycles. The number of amides is 1. The number of halogens is 2. The zero-order chi connectivity index (χ0) is 13.6. The number of fused-ring (bicyclic) bond motifs is 1. The molecule has 0 spiro atoms. The molecule has 3 nitrogen and oxygen atoms in total. The van der Waals surface area contributed by atoms with Crippen LogP contribution in [0.2, 0.25) is 0 Å². The van der Waals surface area contributed by atoms with Gasteiger partial charge in [0.25, 0.3) is 11.7 Å². The maximum atomic E-state index is 13.6. The number of ketones is 1. The van der Waals surface area contributed by atoms with Gasteiger partial charge in [0.2, 0.25) is 0 Å². The van der Waals surface area contributed by atoms with Crippen LogP contribution < -0.4 is 4.90 Å². The van der Waals surface area contributed by atoms with E-state index in [-0.39, 0.29) is 11.3 Å². The van der Waals surface area contributed by atoms with Crippen molar-refractivity contribution in [1.82, 2.24) is 0 Å². The van der Waals surface area contributed by atoms with Gasteiger partial charge in [-0.15, -0.1) is 0 Å². The van der Waals surface area contributed by atoms with Gasteiger partial charge >= 0.3 is 0 Å². The second kappa shape index (κ2) is 4.40. The van der Waals surface area contributed by atoms with Crippen LogP contribution in [0, 0.1) is 17.6 Å². The lowest BCUT2D eigenvalue weighted by molar-refractivity contribution is -0.114. The molecule has 1 fully saturated rings. The Morgan fingerprint density at radius 1 is 1.16 bits per heavy atom. The summed E-state index contributed by atoms with van der Waals surface area (Å²) in [6, 6.07) is 1.71. The molecule has 1 aromatic carbocycles. The standard InChI is InChI=1S/C14H13F2NO2/c15-9-5-10(16)12-11(6-9)17(14(19)13(12)18)7-8-3-1-2-4-8/h5-6,8H,1-4,7H2. The van der Waals surface area contributed by atoms with E-state index >= 15 is 0 Å². The van der Waals surface area contributed by atoms with Crippen molar-refractivity contribution in [2.24, 2.45) is 5.92 Å². The average Bonchev–Trinajstić information content (AvgIpc) is 2.93. The first-order valence-corrected chi connectivity index (χ1v) is 6.43. The minimum Gasteiger partial charge on any atom is -0.304 e. The number of anilines is 1. The summed E-state index contributed by atoms with van der Waals surface area (Å²) in [7, 11) is 0. The Balaban J connectivity index is 1.98. The zero-order valence-corrected chi connectivity index (χ0v) is 10.3. The molecule has 100 valence electrons. The number of carbonyl (C=O) groups excluding carboxylic acids is 2. The summed E-state index contributed by atoms with van der Waals surface area (Å²) in [5.74, 6) is -3.02. The molecule has 0 bridgehead atoms. The number of benzene rings is 1. The molecule has 19 heavy (non-hydrogen) atoms. The summed E-state index contributed by atoms with van der Waals surface area (Å²) in [4.78, 5) is 24.9. The zero-order valence-electron chi connectivity index (χ0n) is 10.3. The lowest BCUT2D eigenvalue weighted by Crippen LogP contribution is -2.33. The van der Waals surface area contributed by atoms with Crippen molar-refractivity contribution in [3.63, 3.8) is 0 Å². The van der Waals surface area contributed by atoms with Crippen molar-refractivity contribution in [1.29, 1.82) is 0 Å². The monoisotopic (exact) mass is 265 g/mol. The smallest absolute Gasteiger partial charge is 0.299 e. The van der Waals surface area contributed by atoms with Crippen LogP contribution in [0.25, 0.3) is 0 Å². The summed E-state index contributed by atoms with van der Waals surface area (Å²) < 4.78 is 26.9. The molecule has 1 aliphatic carbocycles. The summed E-state index contributed by atoms with van der Waals surface area (Å²) in [5, 5.41) is 0. The lowest BCUT2D eigenvalue weighted by Gasteiger charge is -2.20. The van der Waals surface area contributed by atoms with Crippen LogP contribution in [0.3, 0.4) is 0 Å². The molecule has 0 N–H and O–H groups in total. The topological polar surface area (TPSA) is 37.4 Å². The van der Waals surface area contributed by atoms with E-state index in [1.807, 2.05) is 0 Å². The van der Waals surface area contributed by atoms with Gasteiger partial charge < -0.3 is 4.90 Å². The molecule has 0 saturated heterocycles. The maximum absolute atomic E-state index is 13.6. The van der Waals surface area contributed by atoms with E-state index in [4.69, 9.17) is 0 Å². The normalized spacial score (nSPS) is 19.4. The average molecular weight is 265 g/mol. The molecule has 3 rings (SSSR count). The van der Waals surface area contributed by atoms with Gasteiger partial charge in [0.15, 0.2) is 0 Å². The Morgan fingerprint density at radius 3 is 2.53 bits per heavy atom. The Kier molecular flexibility index (Phi) is 2.84. The van der Waals surface area contributed by atoms with Crippen LogP contribution in [0.5, 0.6) is 0 Å². The fourth-order valence-electron chi connectivity index (χ4n) is 2.97. The number of hydrogen-bond acceptors (Lipinski definition) is 2. The van der Waals surface area contributed by atoms with Crippen LogP contribution >= 0.6 is 0 Å². The highest BCUT2D eigenvalue weighted by atomic mass is 19.1. The van der Waals surface area contributed by atoms with E-state index in [0.717, 1.165) is 31.7 Å². The van der Waals surface area contributed by atoms with Gasteiger partial charge in [-0.2, -0.15) is 0 Å². The number of Topliss-reactive ketones (excluding diaryl/α,β-unsaturated/α-hetero) is 1. The van der Waals surface area contributed by atoms with Crippen LogP contribution in [-0.2, 0) is 4.79 Å². The van der Waals surface area contributed by atoms with Gasteiger partial charge in [-0.25, -0.2) is 8.78 Å². The molecule has 0 radical (unpaired) electrons. The van der Waals surface area contributed by atoms with Crippen molar-refractivity contribution in [2.75, 3.05) is 11.4 Å². The number of nitrogens with zero attached hydrogens (tertiary/aromatic N) is 1. The van der Waals surface area contributed by atoms with Gasteiger partial charge in [-0.05, 0) is 24.8 Å². The molecule has 2 aliphatic rings. The third-order valence-electron chi connectivity index (χ3n) is 3.91. The molecule has 1 amide bonds. The second-order valence-corrected chi connectivity index (χ2v) is 5.18. The van der Waals surface area contributed by atoms with Crippen molar-refractivity contribution < 1.29 is 18.4 Å². The number of rotatable bonds is 2. The Labute approximate surface area is 109 Å². The molecular weight excluding hydrogens is 252 g/mol. The molecule has 1 aromatic rings. The highest BCUT2D eigenvalue weighted by molar-refractivity contribution is 6.52. The molecule has 0 aromatic heterocycles. The first kappa shape index (κ1) is 12.3. The van der Waals surface area contributed by atoms with Crippen LogP contribution in [-0.4, -0.2) is 18.2 Å². The maximum Gasteiger partial charge on any atom is 0.299 e. The molecule has 0 unspecified atom stereocenters. The third kappa shape index (κ3) is 1.93. The fourth-order valence-corrected chi connectivity index (χ4v) is 2.97. The second-order valence-electron chi connectivity index (χ2n) is 5.18. The first-order valence-electron chi connectivity index (χ1n) is 6.43. The number of hydrogen-bond donors (Lipinski definition) is 0. The summed E-state index contributed by atoms with van der Waals surface area (Å²) in [5.41, 5.74) is -0.205. The SMILES string of the molecule is O=C1C(=O)N(CC2CCCC2)c2cc(F)cc(F)c21. The molecule has 0 atom stereocenters. The van der Waals surface area contributed by atoms with E-state index in [9.17, 15) is 18.4 Å². The minimum atomic E-state index is -0.956. The highest BCUT2D eigenvalue weighted by Gasteiger charge is 2.39. The van der Waals surface area contributed by atoms with Crippen LogP contribution in [0.1, 0.15) is 36.0 Å². The minimum absolute atomic E-state index is 0.0828. The quantitative estimate of drug-likeness (QED) is 0.771. The molecule has 5 heteroatoms. The van der Waals surface area contributed by atoms with Crippen molar-refractivity contribution in [3.8, 4) is 0 Å². The van der Waals surface area contributed by atoms with E-state index < -0.39 is 23.3 Å². The van der Waals surface area contributed by atoms with Gasteiger partial charge in [-0.1, -0.05) is 12.8 Å². The van der Waals surface area contributed by atoms with Gasteiger partial charge in [-0.3, -0.25) is 9.59 Å². The summed E-state index contributed by atoms with van der Waals surface area (Å²) in [6.45, 7) is 0.375. The molecule has 1 saturated carbocycles. The Morgan fingerprint density at radius 2 is 1.84 bits per heavy atom. The van der Waals surface area contributed by atoms with Crippen molar-refractivity contribution >= 4 is 17.4 Å². The van der Waals surface area contributed by atoms with E-state index in [0.29, 0.717) is 18.5 Å². The van der Waals surface area contributed by atoms with E-state index in [1.54, 1.807) is 0 Å². The predicted octanol–water partition coefficient (Wildman–Crippen LogP) is 2.68. The van der Waals surface area contributed by atoms with Gasteiger partial charge in [0.1, 0.15) is 11.6 Å². The highest BCUT2D eigenvalue weighted by Crippen LogP contribution is 2.35. The Bertz CT molecular complexity index is 565. The molecular formula is C14H13F2NO2. The lowest BCUT2D eigenvalue weighted by atomic mass is 10.1. The Hall–Kier alpha value is -1.78. The van der Waals surface area contributed by atoms with E-state index in [2.05, 4.69) is 0 Å². The van der Waals surface area contributed by atoms with E-state index in [1.165, 1.54) is 4.90 Å². The van der Waals surface area contributed by atoms with Crippen LogP contribution in [0.15, 0.2) is 12.1 Å². The summed E-state index contributed by atoms with van der Waals surface area (Å²) in [6.07, 6.45) is 4.19. The third-order valence-corrected chi connectivity index (χ3v) is 3.91. The van der Waals surface area contributed by atoms with Crippen molar-refractivity contribution in [3.05, 3.63) is 29.3 Å². The molecule has 1 aliphatic heterocycles.